The molecule has 0 aromatic carbocycles. The minimum absolute atomic E-state index is 0.859. The Hall–Kier alpha value is -0.990. The third-order valence-corrected chi connectivity index (χ3v) is 5.14. The minimum atomic E-state index is 0.859. The fourth-order valence-electron chi connectivity index (χ4n) is 4.17. The Morgan fingerprint density at radius 3 is 2.61 bits per heavy atom. The average Bonchev–Trinajstić information content (AvgIpc) is 3.04. The van der Waals surface area contributed by atoms with Gasteiger partial charge in [-0.15, -0.1) is 0 Å². The van der Waals surface area contributed by atoms with Crippen LogP contribution in [0.5, 0.6) is 0 Å². The maximum Gasteiger partial charge on any atom is 0.0854 e. The number of nitrogens with two attached hydrogens (primary N) is 1. The van der Waals surface area contributed by atoms with Crippen molar-refractivity contribution in [3.63, 3.8) is 0 Å². The fraction of sp³-hybridized carbons (Fsp3) is 0.800. The third kappa shape index (κ3) is 1.84. The van der Waals surface area contributed by atoms with Crippen LogP contribution in [-0.2, 0) is 19.4 Å². The van der Waals surface area contributed by atoms with Crippen molar-refractivity contribution in [2.24, 2.45) is 17.8 Å². The van der Waals surface area contributed by atoms with Gasteiger partial charge in [-0.25, -0.2) is 0 Å². The minimum Gasteiger partial charge on any atom is -0.396 e. The van der Waals surface area contributed by atoms with E-state index >= 15 is 0 Å². The van der Waals surface area contributed by atoms with Gasteiger partial charge in [0.05, 0.1) is 17.1 Å². The van der Waals surface area contributed by atoms with E-state index in [1.54, 1.807) is 0 Å². The van der Waals surface area contributed by atoms with Crippen LogP contribution < -0.4 is 5.73 Å². The number of aromatic nitrogens is 2. The van der Waals surface area contributed by atoms with Crippen LogP contribution in [0.25, 0.3) is 0 Å². The molecule has 2 aliphatic carbocycles. The van der Waals surface area contributed by atoms with E-state index in [4.69, 9.17) is 10.8 Å². The molecule has 2 saturated carbocycles. The van der Waals surface area contributed by atoms with E-state index in [9.17, 15) is 0 Å². The fourth-order valence-corrected chi connectivity index (χ4v) is 4.17. The van der Waals surface area contributed by atoms with Crippen LogP contribution in [0.1, 0.15) is 50.9 Å². The van der Waals surface area contributed by atoms with Crippen molar-refractivity contribution in [3.05, 3.63) is 11.4 Å². The predicted molar refractivity (Wildman–Crippen MR) is 74.3 cm³/mol. The number of nitrogens with zero attached hydrogens (tertiary/aromatic N) is 2. The molecular weight excluding hydrogens is 222 g/mol. The first-order valence-corrected chi connectivity index (χ1v) is 7.56. The molecule has 3 unspecified atom stereocenters. The summed E-state index contributed by atoms with van der Waals surface area (Å²) < 4.78 is 2.22. The van der Waals surface area contributed by atoms with E-state index in [0.29, 0.717) is 0 Å². The molecule has 0 aliphatic heterocycles. The first-order chi connectivity index (χ1) is 8.72. The number of fused-ring (bicyclic) bond motifs is 2. The van der Waals surface area contributed by atoms with Crippen molar-refractivity contribution in [3.8, 4) is 0 Å². The molecule has 3 atom stereocenters. The SMILES string of the molecule is CCc1nn(CC2CC3CCC2C3)c(CC)c1N. The highest BCUT2D eigenvalue weighted by atomic mass is 15.3. The maximum atomic E-state index is 6.19. The highest BCUT2D eigenvalue weighted by Gasteiger charge is 2.39. The lowest BCUT2D eigenvalue weighted by molar-refractivity contribution is 0.282. The molecule has 2 bridgehead atoms. The van der Waals surface area contributed by atoms with E-state index in [1.807, 2.05) is 0 Å². The van der Waals surface area contributed by atoms with Crippen molar-refractivity contribution in [1.82, 2.24) is 9.78 Å². The van der Waals surface area contributed by atoms with Gasteiger partial charge in [0.25, 0.3) is 0 Å². The molecular formula is C15H25N3. The van der Waals surface area contributed by atoms with E-state index in [1.165, 1.54) is 31.4 Å². The Labute approximate surface area is 110 Å². The standard InChI is InChI=1S/C15H25N3/c1-3-13-15(16)14(4-2)18(17-13)9-12-8-10-5-6-11(12)7-10/h10-12H,3-9,16H2,1-2H3. The first kappa shape index (κ1) is 12.1. The Balaban J connectivity index is 1.80. The van der Waals surface area contributed by atoms with Crippen LogP contribution in [0.15, 0.2) is 0 Å². The van der Waals surface area contributed by atoms with Gasteiger partial charge < -0.3 is 5.73 Å². The lowest BCUT2D eigenvalue weighted by Crippen LogP contribution is -2.19. The predicted octanol–water partition coefficient (Wildman–Crippen LogP) is 3.03. The molecule has 3 rings (SSSR count). The van der Waals surface area contributed by atoms with E-state index < -0.39 is 0 Å². The van der Waals surface area contributed by atoms with Crippen molar-refractivity contribution in [2.45, 2.75) is 58.9 Å². The van der Waals surface area contributed by atoms with Crippen LogP contribution in [0.2, 0.25) is 0 Å². The van der Waals surface area contributed by atoms with Gasteiger partial charge in [-0.1, -0.05) is 20.3 Å². The molecule has 2 fully saturated rings. The highest BCUT2D eigenvalue weighted by molar-refractivity contribution is 5.48. The quantitative estimate of drug-likeness (QED) is 0.888. The van der Waals surface area contributed by atoms with Crippen LogP contribution in [0.4, 0.5) is 5.69 Å². The normalized spacial score (nSPS) is 30.2. The van der Waals surface area contributed by atoms with Gasteiger partial charge in [-0.05, 0) is 49.9 Å². The summed E-state index contributed by atoms with van der Waals surface area (Å²) in [4.78, 5) is 0. The first-order valence-electron chi connectivity index (χ1n) is 7.56. The zero-order chi connectivity index (χ0) is 12.7. The number of hydrogen-bond donors (Lipinski definition) is 1. The second-order valence-corrected chi connectivity index (χ2v) is 6.13. The molecule has 0 radical (unpaired) electrons. The molecule has 2 N–H and O–H groups in total. The Morgan fingerprint density at radius 1 is 1.22 bits per heavy atom. The van der Waals surface area contributed by atoms with Crippen molar-refractivity contribution < 1.29 is 0 Å². The van der Waals surface area contributed by atoms with Gasteiger partial charge in [0.15, 0.2) is 0 Å². The van der Waals surface area contributed by atoms with Gasteiger partial charge in [-0.3, -0.25) is 4.68 Å². The number of aryl methyl sites for hydroxylation is 1. The maximum absolute atomic E-state index is 6.19. The monoisotopic (exact) mass is 247 g/mol. The molecule has 1 aromatic heterocycles. The summed E-state index contributed by atoms with van der Waals surface area (Å²) in [7, 11) is 0. The summed E-state index contributed by atoms with van der Waals surface area (Å²) in [6, 6.07) is 0. The molecule has 0 saturated heterocycles. The third-order valence-electron chi connectivity index (χ3n) is 5.14. The van der Waals surface area contributed by atoms with Crippen LogP contribution >= 0.6 is 0 Å². The summed E-state index contributed by atoms with van der Waals surface area (Å²) in [5.41, 5.74) is 9.49. The molecule has 18 heavy (non-hydrogen) atoms. The van der Waals surface area contributed by atoms with Crippen molar-refractivity contribution >= 4 is 5.69 Å². The number of nitrogen functional groups attached to an aromatic ring is 1. The topological polar surface area (TPSA) is 43.8 Å². The average molecular weight is 247 g/mol. The number of hydrogen-bond acceptors (Lipinski definition) is 2. The molecule has 3 heteroatoms. The zero-order valence-corrected chi connectivity index (χ0v) is 11.7. The summed E-state index contributed by atoms with van der Waals surface area (Å²) in [6.07, 6.45) is 7.78. The smallest absolute Gasteiger partial charge is 0.0854 e. The van der Waals surface area contributed by atoms with Crippen LogP contribution in [-0.4, -0.2) is 9.78 Å². The largest absolute Gasteiger partial charge is 0.396 e. The zero-order valence-electron chi connectivity index (χ0n) is 11.7. The van der Waals surface area contributed by atoms with E-state index in [2.05, 4.69) is 18.5 Å². The van der Waals surface area contributed by atoms with Crippen LogP contribution in [0, 0.1) is 17.8 Å². The molecule has 3 nitrogen and oxygen atoms in total. The second kappa shape index (κ2) is 4.60. The van der Waals surface area contributed by atoms with Crippen molar-refractivity contribution in [2.75, 3.05) is 5.73 Å². The molecule has 100 valence electrons. The highest BCUT2D eigenvalue weighted by Crippen LogP contribution is 2.48. The lowest BCUT2D eigenvalue weighted by Gasteiger charge is -2.22. The van der Waals surface area contributed by atoms with Gasteiger partial charge in [0.1, 0.15) is 0 Å². The molecule has 1 heterocycles. The lowest BCUT2D eigenvalue weighted by atomic mass is 9.89. The van der Waals surface area contributed by atoms with Crippen molar-refractivity contribution in [1.29, 1.82) is 0 Å². The Morgan fingerprint density at radius 2 is 2.06 bits per heavy atom. The van der Waals surface area contributed by atoms with Crippen LogP contribution in [0.3, 0.4) is 0 Å². The summed E-state index contributed by atoms with van der Waals surface area (Å²) in [6.45, 7) is 5.43. The van der Waals surface area contributed by atoms with Gasteiger partial charge in [0.2, 0.25) is 0 Å². The second-order valence-electron chi connectivity index (χ2n) is 6.13. The molecule has 2 aliphatic rings. The molecule has 1 aromatic rings. The van der Waals surface area contributed by atoms with Gasteiger partial charge >= 0.3 is 0 Å². The van der Waals surface area contributed by atoms with Gasteiger partial charge in [-0.2, -0.15) is 5.10 Å². The number of rotatable bonds is 4. The summed E-state index contributed by atoms with van der Waals surface area (Å²) in [5.74, 6) is 2.84. The summed E-state index contributed by atoms with van der Waals surface area (Å²) >= 11 is 0. The summed E-state index contributed by atoms with van der Waals surface area (Å²) in [5, 5.41) is 4.74. The van der Waals surface area contributed by atoms with Gasteiger partial charge in [0, 0.05) is 6.54 Å². The number of anilines is 1. The Bertz CT molecular complexity index is 435. The van der Waals surface area contributed by atoms with E-state index in [-0.39, 0.29) is 0 Å². The molecule has 0 amide bonds. The molecule has 0 spiro atoms. The van der Waals surface area contributed by atoms with E-state index in [0.717, 1.165) is 48.5 Å². The Kier molecular flexibility index (Phi) is 3.08.